The van der Waals surface area contributed by atoms with Crippen molar-refractivity contribution in [3.05, 3.63) is 0 Å². The zero-order valence-electron chi connectivity index (χ0n) is 7.49. The molecule has 4 aliphatic rings. The second kappa shape index (κ2) is 2.45. The largest absolute Gasteiger partial charge is 0.396 e. The van der Waals surface area contributed by atoms with Crippen LogP contribution in [0.15, 0.2) is 0 Å². The second-order valence-corrected chi connectivity index (χ2v) is 4.40. The molecule has 0 atom stereocenters. The molecule has 0 aromatic rings. The lowest BCUT2D eigenvalue weighted by Crippen LogP contribution is -2.62. The quantitative estimate of drug-likeness (QED) is 0.664. The molecule has 3 saturated heterocycles. The van der Waals surface area contributed by atoms with Crippen molar-refractivity contribution in [2.75, 3.05) is 26.4 Å². The first kappa shape index (κ1) is 8.17. The summed E-state index contributed by atoms with van der Waals surface area (Å²) in [6, 6.07) is 0. The van der Waals surface area contributed by atoms with Crippen LogP contribution in [0.25, 0.3) is 0 Å². The average Bonchev–Trinajstić information content (AvgIpc) is 3.04. The number of rotatable bonds is 2. The Balaban J connectivity index is 1.79. The van der Waals surface area contributed by atoms with Crippen LogP contribution in [0.5, 0.6) is 0 Å². The van der Waals surface area contributed by atoms with Gasteiger partial charge in [0.05, 0.1) is 31.8 Å². The first-order valence-corrected chi connectivity index (χ1v) is 4.81. The molecule has 2 bridgehead atoms. The molecule has 0 unspecified atom stereocenters. The molecule has 74 valence electrons. The highest BCUT2D eigenvalue weighted by atomic mass is 16.9. The van der Waals surface area contributed by atoms with Gasteiger partial charge >= 0.3 is 0 Å². The van der Waals surface area contributed by atoms with Gasteiger partial charge < -0.3 is 19.3 Å². The summed E-state index contributed by atoms with van der Waals surface area (Å²) < 4.78 is 16.7. The third-order valence-corrected chi connectivity index (χ3v) is 3.15. The van der Waals surface area contributed by atoms with Crippen molar-refractivity contribution in [1.29, 1.82) is 0 Å². The molecule has 1 saturated carbocycles. The Kier molecular flexibility index (Phi) is 1.54. The summed E-state index contributed by atoms with van der Waals surface area (Å²) in [4.78, 5) is 0. The number of ether oxygens (including phenoxy) is 3. The fourth-order valence-electron chi connectivity index (χ4n) is 1.94. The summed E-state index contributed by atoms with van der Waals surface area (Å²) in [5.74, 6) is -0.318. The predicted molar refractivity (Wildman–Crippen MR) is 42.8 cm³/mol. The zero-order valence-corrected chi connectivity index (χ0v) is 7.49. The molecule has 3 aliphatic heterocycles. The Morgan fingerprint density at radius 1 is 1.08 bits per heavy atom. The van der Waals surface area contributed by atoms with E-state index in [1.165, 1.54) is 0 Å². The van der Waals surface area contributed by atoms with E-state index >= 15 is 0 Å². The molecular formula is C9H14O4. The fourth-order valence-corrected chi connectivity index (χ4v) is 1.94. The second-order valence-electron chi connectivity index (χ2n) is 4.40. The van der Waals surface area contributed by atoms with Crippen molar-refractivity contribution in [2.24, 2.45) is 11.3 Å². The van der Waals surface area contributed by atoms with Crippen molar-refractivity contribution in [1.82, 2.24) is 0 Å². The third kappa shape index (κ3) is 1.06. The summed E-state index contributed by atoms with van der Waals surface area (Å²) in [5, 5.41) is 9.16. The first-order valence-electron chi connectivity index (χ1n) is 4.81. The van der Waals surface area contributed by atoms with E-state index in [1.807, 2.05) is 0 Å². The van der Waals surface area contributed by atoms with Crippen LogP contribution in [0.3, 0.4) is 0 Å². The number of aliphatic hydroxyl groups excluding tert-OH is 1. The van der Waals surface area contributed by atoms with Gasteiger partial charge in [-0.25, -0.2) is 0 Å². The van der Waals surface area contributed by atoms with Gasteiger partial charge in [-0.15, -0.1) is 0 Å². The zero-order chi connectivity index (χ0) is 8.94. The maximum absolute atomic E-state index is 9.16. The standard InChI is InChI=1S/C9H14O4/c10-3-8-4-11-9(12-5-8,13-6-8)7-1-2-7/h7,10H,1-6H2. The van der Waals surface area contributed by atoms with E-state index in [1.54, 1.807) is 0 Å². The maximum Gasteiger partial charge on any atom is 0.285 e. The van der Waals surface area contributed by atoms with Gasteiger partial charge in [0.1, 0.15) is 0 Å². The molecule has 4 fully saturated rings. The van der Waals surface area contributed by atoms with E-state index < -0.39 is 5.97 Å². The van der Waals surface area contributed by atoms with Gasteiger partial charge in [0.15, 0.2) is 0 Å². The summed E-state index contributed by atoms with van der Waals surface area (Å²) >= 11 is 0. The van der Waals surface area contributed by atoms with Crippen molar-refractivity contribution in [3.63, 3.8) is 0 Å². The summed E-state index contributed by atoms with van der Waals surface area (Å²) in [6.07, 6.45) is 2.26. The number of hydrogen-bond acceptors (Lipinski definition) is 4. The van der Waals surface area contributed by atoms with E-state index in [0.717, 1.165) is 12.8 Å². The van der Waals surface area contributed by atoms with Gasteiger partial charge in [0, 0.05) is 5.92 Å². The van der Waals surface area contributed by atoms with Crippen LogP contribution in [-0.4, -0.2) is 37.5 Å². The molecule has 0 amide bonds. The smallest absolute Gasteiger partial charge is 0.285 e. The van der Waals surface area contributed by atoms with Crippen LogP contribution >= 0.6 is 0 Å². The molecule has 3 heterocycles. The lowest BCUT2D eigenvalue weighted by atomic mass is 9.90. The summed E-state index contributed by atoms with van der Waals surface area (Å²) in [6.45, 7) is 1.79. The highest BCUT2D eigenvalue weighted by Crippen LogP contribution is 2.50. The van der Waals surface area contributed by atoms with Crippen molar-refractivity contribution in [3.8, 4) is 0 Å². The predicted octanol–water partition coefficient (Wildman–Crippen LogP) is 0.106. The van der Waals surface area contributed by atoms with E-state index in [-0.39, 0.29) is 12.0 Å². The minimum atomic E-state index is -0.739. The fraction of sp³-hybridized carbons (Fsp3) is 1.00. The van der Waals surface area contributed by atoms with Crippen LogP contribution in [0, 0.1) is 11.3 Å². The molecule has 4 heteroatoms. The lowest BCUT2D eigenvalue weighted by Gasteiger charge is -2.51. The molecule has 0 radical (unpaired) electrons. The van der Waals surface area contributed by atoms with Gasteiger partial charge in [0.2, 0.25) is 0 Å². The molecule has 0 aromatic carbocycles. The molecule has 0 spiro atoms. The molecule has 0 aromatic heterocycles. The summed E-state index contributed by atoms with van der Waals surface area (Å²) in [7, 11) is 0. The van der Waals surface area contributed by atoms with Gasteiger partial charge in [-0.1, -0.05) is 0 Å². The Morgan fingerprint density at radius 3 is 2.00 bits per heavy atom. The van der Waals surface area contributed by atoms with Crippen LogP contribution in [0.2, 0.25) is 0 Å². The normalized spacial score (nSPS) is 49.6. The van der Waals surface area contributed by atoms with Gasteiger partial charge in [-0.3, -0.25) is 0 Å². The van der Waals surface area contributed by atoms with Crippen LogP contribution in [0.1, 0.15) is 12.8 Å². The van der Waals surface area contributed by atoms with Crippen LogP contribution in [-0.2, 0) is 14.2 Å². The minimum absolute atomic E-state index is 0.0771. The van der Waals surface area contributed by atoms with Crippen LogP contribution in [0.4, 0.5) is 0 Å². The Labute approximate surface area is 76.8 Å². The topological polar surface area (TPSA) is 47.9 Å². The maximum atomic E-state index is 9.16. The lowest BCUT2D eigenvalue weighted by molar-refractivity contribution is -0.478. The van der Waals surface area contributed by atoms with Crippen LogP contribution < -0.4 is 0 Å². The van der Waals surface area contributed by atoms with Gasteiger partial charge in [0.25, 0.3) is 5.97 Å². The van der Waals surface area contributed by atoms with Crippen molar-refractivity contribution in [2.45, 2.75) is 18.8 Å². The van der Waals surface area contributed by atoms with Gasteiger partial charge in [-0.05, 0) is 12.8 Å². The molecule has 1 aliphatic carbocycles. The van der Waals surface area contributed by atoms with Gasteiger partial charge in [-0.2, -0.15) is 0 Å². The molecular weight excluding hydrogens is 172 g/mol. The number of hydrogen-bond donors (Lipinski definition) is 1. The minimum Gasteiger partial charge on any atom is -0.396 e. The highest BCUT2D eigenvalue weighted by molar-refractivity contribution is 4.94. The number of fused-ring (bicyclic) bond motifs is 3. The highest BCUT2D eigenvalue weighted by Gasteiger charge is 2.59. The molecule has 13 heavy (non-hydrogen) atoms. The first-order chi connectivity index (χ1) is 6.29. The molecule has 4 nitrogen and oxygen atoms in total. The van der Waals surface area contributed by atoms with E-state index in [2.05, 4.69) is 0 Å². The van der Waals surface area contributed by atoms with Crippen molar-refractivity contribution >= 4 is 0 Å². The van der Waals surface area contributed by atoms with E-state index in [9.17, 15) is 0 Å². The van der Waals surface area contributed by atoms with E-state index in [4.69, 9.17) is 19.3 Å². The Hall–Kier alpha value is -0.160. The third-order valence-electron chi connectivity index (χ3n) is 3.15. The molecule has 4 rings (SSSR count). The monoisotopic (exact) mass is 186 g/mol. The molecule has 1 N–H and O–H groups in total. The van der Waals surface area contributed by atoms with E-state index in [0.29, 0.717) is 25.7 Å². The SMILES string of the molecule is OCC12COC(C3CC3)(OC1)OC2. The summed E-state index contributed by atoms with van der Waals surface area (Å²) in [5.41, 5.74) is -0.295. The Bertz CT molecular complexity index is 199. The average molecular weight is 186 g/mol. The Morgan fingerprint density at radius 2 is 1.62 bits per heavy atom. The van der Waals surface area contributed by atoms with Crippen molar-refractivity contribution < 1.29 is 19.3 Å². The number of aliphatic hydroxyl groups is 1.